The minimum absolute atomic E-state index is 0.0824. The molecule has 0 spiro atoms. The van der Waals surface area contributed by atoms with Gasteiger partial charge in [-0.05, 0) is 11.5 Å². The molecule has 0 fully saturated rings. The number of hydrogen-bond donors (Lipinski definition) is 3. The van der Waals surface area contributed by atoms with E-state index in [0.717, 1.165) is 5.56 Å². The van der Waals surface area contributed by atoms with Crippen molar-refractivity contribution in [1.82, 2.24) is 16.0 Å². The van der Waals surface area contributed by atoms with Gasteiger partial charge in [0, 0.05) is 20.4 Å². The molecule has 0 aliphatic heterocycles. The van der Waals surface area contributed by atoms with Gasteiger partial charge in [0.15, 0.2) is 0 Å². The van der Waals surface area contributed by atoms with Gasteiger partial charge in [0.05, 0.1) is 0 Å². The lowest BCUT2D eigenvalue weighted by molar-refractivity contribution is -0.132. The van der Waals surface area contributed by atoms with Gasteiger partial charge in [-0.25, -0.2) is 0 Å². The Morgan fingerprint density at radius 2 is 1.61 bits per heavy atom. The van der Waals surface area contributed by atoms with Crippen LogP contribution in [0.2, 0.25) is 0 Å². The number of benzene rings is 1. The van der Waals surface area contributed by atoms with Crippen LogP contribution in [0, 0.1) is 5.92 Å². The van der Waals surface area contributed by atoms with Crippen LogP contribution in [-0.2, 0) is 20.8 Å². The van der Waals surface area contributed by atoms with Crippen LogP contribution in [0.15, 0.2) is 30.3 Å². The van der Waals surface area contributed by atoms with Gasteiger partial charge in [0.25, 0.3) is 0 Å². The highest BCUT2D eigenvalue weighted by molar-refractivity contribution is 5.92. The van der Waals surface area contributed by atoms with E-state index in [9.17, 15) is 14.4 Å². The lowest BCUT2D eigenvalue weighted by Gasteiger charge is -2.24. The fourth-order valence-electron chi connectivity index (χ4n) is 2.25. The molecule has 0 saturated heterocycles. The zero-order valence-corrected chi connectivity index (χ0v) is 14.1. The first kappa shape index (κ1) is 18.7. The fourth-order valence-corrected chi connectivity index (χ4v) is 2.25. The number of likely N-dealkylation sites (N-methyl/N-ethyl adjacent to an activating group) is 1. The third kappa shape index (κ3) is 6.10. The van der Waals surface area contributed by atoms with Crippen molar-refractivity contribution in [2.24, 2.45) is 5.92 Å². The van der Waals surface area contributed by atoms with Crippen molar-refractivity contribution in [3.63, 3.8) is 0 Å². The van der Waals surface area contributed by atoms with Crippen LogP contribution in [0.3, 0.4) is 0 Å². The van der Waals surface area contributed by atoms with Gasteiger partial charge in [-0.15, -0.1) is 0 Å². The maximum Gasteiger partial charge on any atom is 0.243 e. The Morgan fingerprint density at radius 1 is 1.00 bits per heavy atom. The van der Waals surface area contributed by atoms with E-state index < -0.39 is 12.1 Å². The summed E-state index contributed by atoms with van der Waals surface area (Å²) in [6.45, 7) is 5.04. The molecule has 6 heteroatoms. The molecule has 1 aromatic rings. The predicted octanol–water partition coefficient (Wildman–Crippen LogP) is 0.621. The molecule has 2 atom stereocenters. The summed E-state index contributed by atoms with van der Waals surface area (Å²) in [5.41, 5.74) is 0.946. The van der Waals surface area contributed by atoms with Gasteiger partial charge in [-0.3, -0.25) is 14.4 Å². The van der Waals surface area contributed by atoms with Crippen LogP contribution in [0.1, 0.15) is 26.3 Å². The smallest absolute Gasteiger partial charge is 0.243 e. The van der Waals surface area contributed by atoms with Gasteiger partial charge in [0.1, 0.15) is 12.1 Å². The largest absolute Gasteiger partial charge is 0.357 e. The second-order valence-corrected chi connectivity index (χ2v) is 5.79. The molecule has 3 amide bonds. The van der Waals surface area contributed by atoms with Crippen molar-refractivity contribution in [2.45, 2.75) is 39.3 Å². The molecular formula is C17H25N3O3. The number of nitrogens with one attached hydrogen (secondary N) is 3. The Balaban J connectivity index is 2.85. The highest BCUT2D eigenvalue weighted by Crippen LogP contribution is 2.06. The molecule has 6 nitrogen and oxygen atoms in total. The monoisotopic (exact) mass is 319 g/mol. The quantitative estimate of drug-likeness (QED) is 0.688. The van der Waals surface area contributed by atoms with Gasteiger partial charge in [-0.1, -0.05) is 44.2 Å². The second kappa shape index (κ2) is 8.92. The van der Waals surface area contributed by atoms with E-state index in [1.54, 1.807) is 0 Å². The van der Waals surface area contributed by atoms with E-state index in [0.29, 0.717) is 6.42 Å². The Morgan fingerprint density at radius 3 is 2.09 bits per heavy atom. The van der Waals surface area contributed by atoms with Crippen molar-refractivity contribution in [3.05, 3.63) is 35.9 Å². The summed E-state index contributed by atoms with van der Waals surface area (Å²) in [6.07, 6.45) is 0.386. The molecular weight excluding hydrogens is 294 g/mol. The molecule has 0 aromatic heterocycles. The highest BCUT2D eigenvalue weighted by Gasteiger charge is 2.27. The molecule has 1 aromatic carbocycles. The number of carbonyl (C=O) groups excluding carboxylic acids is 3. The molecule has 0 unspecified atom stereocenters. The second-order valence-electron chi connectivity index (χ2n) is 5.79. The van der Waals surface area contributed by atoms with Crippen molar-refractivity contribution in [2.75, 3.05) is 7.05 Å². The first-order valence-electron chi connectivity index (χ1n) is 7.68. The van der Waals surface area contributed by atoms with E-state index in [1.807, 2.05) is 44.2 Å². The lowest BCUT2D eigenvalue weighted by Crippen LogP contribution is -2.55. The molecule has 0 aliphatic carbocycles. The Labute approximate surface area is 137 Å². The summed E-state index contributed by atoms with van der Waals surface area (Å²) in [4.78, 5) is 35.7. The highest BCUT2D eigenvalue weighted by atomic mass is 16.2. The van der Waals surface area contributed by atoms with Crippen LogP contribution < -0.4 is 16.0 Å². The number of carbonyl (C=O) groups is 3. The molecule has 23 heavy (non-hydrogen) atoms. The average molecular weight is 319 g/mol. The molecule has 0 saturated carbocycles. The van der Waals surface area contributed by atoms with E-state index >= 15 is 0 Å². The Hall–Kier alpha value is -2.37. The molecule has 0 radical (unpaired) electrons. The first-order chi connectivity index (χ1) is 10.8. The van der Waals surface area contributed by atoms with Crippen LogP contribution in [0.4, 0.5) is 0 Å². The van der Waals surface area contributed by atoms with E-state index in [-0.39, 0.29) is 23.6 Å². The maximum absolute atomic E-state index is 12.4. The summed E-state index contributed by atoms with van der Waals surface area (Å²) < 4.78 is 0. The number of amides is 3. The van der Waals surface area contributed by atoms with E-state index in [1.165, 1.54) is 14.0 Å². The van der Waals surface area contributed by atoms with Crippen molar-refractivity contribution < 1.29 is 14.4 Å². The molecule has 0 heterocycles. The first-order valence-corrected chi connectivity index (χ1v) is 7.68. The summed E-state index contributed by atoms with van der Waals surface area (Å²) in [6, 6.07) is 8.09. The lowest BCUT2D eigenvalue weighted by atomic mass is 10.0. The van der Waals surface area contributed by atoms with Crippen LogP contribution >= 0.6 is 0 Å². The van der Waals surface area contributed by atoms with Crippen LogP contribution in [0.5, 0.6) is 0 Å². The summed E-state index contributed by atoms with van der Waals surface area (Å²) in [7, 11) is 1.53. The summed E-state index contributed by atoms with van der Waals surface area (Å²) >= 11 is 0. The van der Waals surface area contributed by atoms with E-state index in [4.69, 9.17) is 0 Å². The summed E-state index contributed by atoms with van der Waals surface area (Å²) in [5, 5.41) is 7.92. The minimum Gasteiger partial charge on any atom is -0.357 e. The van der Waals surface area contributed by atoms with Gasteiger partial charge in [-0.2, -0.15) is 0 Å². The maximum atomic E-state index is 12.4. The van der Waals surface area contributed by atoms with Crippen LogP contribution in [-0.4, -0.2) is 36.9 Å². The topological polar surface area (TPSA) is 87.3 Å². The zero-order valence-electron chi connectivity index (χ0n) is 14.1. The van der Waals surface area contributed by atoms with Gasteiger partial charge >= 0.3 is 0 Å². The van der Waals surface area contributed by atoms with Crippen molar-refractivity contribution >= 4 is 17.7 Å². The van der Waals surface area contributed by atoms with Crippen molar-refractivity contribution in [3.8, 4) is 0 Å². The SMILES string of the molecule is CNC(=O)[C@@H](Cc1ccccc1)NC(=O)[C@@H](NC(C)=O)C(C)C. The molecule has 126 valence electrons. The van der Waals surface area contributed by atoms with E-state index in [2.05, 4.69) is 16.0 Å². The van der Waals surface area contributed by atoms with Gasteiger partial charge in [0.2, 0.25) is 17.7 Å². The average Bonchev–Trinajstić information content (AvgIpc) is 2.51. The van der Waals surface area contributed by atoms with Crippen molar-refractivity contribution in [1.29, 1.82) is 0 Å². The van der Waals surface area contributed by atoms with Crippen LogP contribution in [0.25, 0.3) is 0 Å². The Kier molecular flexibility index (Phi) is 7.25. The predicted molar refractivity (Wildman–Crippen MR) is 88.6 cm³/mol. The number of hydrogen-bond acceptors (Lipinski definition) is 3. The Bertz CT molecular complexity index is 543. The molecule has 1 rings (SSSR count). The third-order valence-corrected chi connectivity index (χ3v) is 3.47. The molecule has 0 bridgehead atoms. The third-order valence-electron chi connectivity index (χ3n) is 3.47. The summed E-state index contributed by atoms with van der Waals surface area (Å²) in [5.74, 6) is -0.994. The number of rotatable bonds is 7. The zero-order chi connectivity index (χ0) is 17.4. The normalized spacial score (nSPS) is 13.1. The molecule has 0 aliphatic rings. The minimum atomic E-state index is -0.690. The van der Waals surface area contributed by atoms with Gasteiger partial charge < -0.3 is 16.0 Å². The molecule has 3 N–H and O–H groups in total. The fraction of sp³-hybridized carbons (Fsp3) is 0.471. The standard InChI is InChI=1S/C17H25N3O3/c1-11(2)15(19-12(3)21)17(23)20-14(16(22)18-4)10-13-8-6-5-7-9-13/h5-9,11,14-15H,10H2,1-4H3,(H,18,22)(H,19,21)(H,20,23)/t14-,15+/m1/s1.